The Labute approximate surface area is 247 Å². The van der Waals surface area contributed by atoms with Gasteiger partial charge in [0, 0.05) is 45.6 Å². The van der Waals surface area contributed by atoms with E-state index in [4.69, 9.17) is 4.65 Å². The molecule has 0 saturated heterocycles. The van der Waals surface area contributed by atoms with Gasteiger partial charge in [0.25, 0.3) is 0 Å². The van der Waals surface area contributed by atoms with Gasteiger partial charge in [-0.1, -0.05) is 26.2 Å². The molecule has 0 unspecified atom stereocenters. The first kappa shape index (κ1) is 40.0. The van der Waals surface area contributed by atoms with Gasteiger partial charge < -0.3 is 4.65 Å². The summed E-state index contributed by atoms with van der Waals surface area (Å²) >= 11 is 0. The van der Waals surface area contributed by atoms with Crippen LogP contribution in [-0.2, 0) is 19.5 Å². The molecule has 1 nitrogen and oxygen atoms in total. The van der Waals surface area contributed by atoms with Gasteiger partial charge in [-0.25, -0.2) is 0 Å². The van der Waals surface area contributed by atoms with Crippen molar-refractivity contribution in [2.24, 2.45) is 0 Å². The van der Waals surface area contributed by atoms with Gasteiger partial charge in [0.15, 0.2) is 0 Å². The molecule has 0 aromatic heterocycles. The van der Waals surface area contributed by atoms with Crippen LogP contribution in [0, 0.1) is 0 Å². The van der Waals surface area contributed by atoms with Crippen LogP contribution < -0.4 is 0 Å². The summed E-state index contributed by atoms with van der Waals surface area (Å²) in [6.07, 6.45) is 0. The fraction of sp³-hybridized carbons (Fsp3) is 1.00. The number of nitrogens with zero attached hydrogens (tertiary/aromatic N) is 1. The minimum atomic E-state index is -1.83. The largest absolute Gasteiger partial charge is 0.661 e. The molecule has 0 amide bonds. The minimum absolute atomic E-state index is 0. The van der Waals surface area contributed by atoms with Gasteiger partial charge in [-0.3, -0.25) is 0 Å². The smallest absolute Gasteiger partial charge is 0.0722 e. The van der Waals surface area contributed by atoms with E-state index < -0.39 is 31.0 Å². The van der Waals surface area contributed by atoms with Crippen LogP contribution in [0.5, 0.6) is 0 Å². The van der Waals surface area contributed by atoms with E-state index in [-0.39, 0.29) is 19.5 Å². The summed E-state index contributed by atoms with van der Waals surface area (Å²) in [7, 11) is -6.46. The molecule has 0 spiro atoms. The van der Waals surface area contributed by atoms with Crippen molar-refractivity contribution in [1.29, 1.82) is 0 Å². The van der Waals surface area contributed by atoms with Gasteiger partial charge in [-0.05, 0) is 141 Å². The van der Waals surface area contributed by atoms with Crippen molar-refractivity contribution in [3.63, 3.8) is 0 Å². The van der Waals surface area contributed by atoms with Crippen LogP contribution in [0.25, 0.3) is 4.65 Å². The fourth-order valence-electron chi connectivity index (χ4n) is 9.51. The molecule has 0 aromatic rings. The summed E-state index contributed by atoms with van der Waals surface area (Å²) in [6.45, 7) is 56.2. The number of hydrogen-bond donors (Lipinski definition) is 0. The quantitative estimate of drug-likeness (QED) is 0.198. The second-order valence-electron chi connectivity index (χ2n) is 18.7. The molecule has 0 aliphatic heterocycles. The summed E-state index contributed by atoms with van der Waals surface area (Å²) in [5.41, 5.74) is 0. The van der Waals surface area contributed by atoms with E-state index in [0.29, 0.717) is 30.9 Å². The van der Waals surface area contributed by atoms with Gasteiger partial charge >= 0.3 is 0 Å². The van der Waals surface area contributed by atoms with Crippen LogP contribution in [0.2, 0.25) is 26.2 Å². The van der Waals surface area contributed by atoms with Crippen molar-refractivity contribution in [2.45, 2.75) is 182 Å². The average Bonchev–Trinajstić information content (AvgIpc) is 2.41. The maximum atomic E-state index is 6.12. The molecule has 36 heavy (non-hydrogen) atoms. The van der Waals surface area contributed by atoms with Crippen LogP contribution in [-0.4, -0.2) is 59.0 Å². The van der Waals surface area contributed by atoms with E-state index in [1.165, 1.54) is 11.6 Å². The molecule has 0 aliphatic carbocycles. The summed E-state index contributed by atoms with van der Waals surface area (Å²) in [5.74, 6) is 2.75. The summed E-state index contributed by atoms with van der Waals surface area (Å²) in [6, 6.07) is 0. The Morgan fingerprint density at radius 2 is 0.528 bits per heavy atom. The zero-order valence-corrected chi connectivity index (χ0v) is 34.5. The number of rotatable bonds is 6. The molecule has 0 heterocycles. The molecule has 0 atom stereocenters. The van der Waals surface area contributed by atoms with Crippen LogP contribution >= 0.6 is 14.5 Å². The van der Waals surface area contributed by atoms with E-state index in [1.807, 2.05) is 0 Å². The predicted octanol–water partition coefficient (Wildman–Crippen LogP) is 11.7. The number of hydrogen-bond acceptors (Lipinski definition) is 0. The van der Waals surface area contributed by atoms with E-state index >= 15 is 0 Å². The first-order valence-electron chi connectivity index (χ1n) is 14.1. The van der Waals surface area contributed by atoms with Gasteiger partial charge in [0.2, 0.25) is 0 Å². The molecule has 0 saturated carbocycles. The second kappa shape index (κ2) is 11.3. The first-order chi connectivity index (χ1) is 14.6. The standard InChI is InChI=1S/C30H70NP2Si2.Rh/c1-25(2,3)32(26(4,5)6,27(7,8)9)23-34(19,20)31-35(21,22)24-33(28(10,11)12,29(13,14)15)30(16,17)18;/h23-24H2,1-22H3;/q+1;. The zero-order valence-electron chi connectivity index (χ0n) is 29.1. The van der Waals surface area contributed by atoms with Crippen LogP contribution in [0.15, 0.2) is 0 Å². The third-order valence-corrected chi connectivity index (χ3v) is 37.3. The Balaban J connectivity index is 0. The van der Waals surface area contributed by atoms with Crippen LogP contribution in [0.4, 0.5) is 0 Å². The van der Waals surface area contributed by atoms with Crippen LogP contribution in [0.1, 0.15) is 125 Å². The molecule has 0 rings (SSSR count). The van der Waals surface area contributed by atoms with E-state index in [9.17, 15) is 0 Å². The molecule has 0 bridgehead atoms. The van der Waals surface area contributed by atoms with Crippen molar-refractivity contribution in [3.05, 3.63) is 4.65 Å². The molecule has 6 heteroatoms. The summed E-state index contributed by atoms with van der Waals surface area (Å²) < 4.78 is 6.12. The summed E-state index contributed by atoms with van der Waals surface area (Å²) in [4.78, 5) is 0. The molecular formula is C30H70NP2RhSi2+. The third-order valence-electron chi connectivity index (χ3n) is 8.72. The molecular weight excluding hydrogens is 595 g/mol. The fourth-order valence-corrected chi connectivity index (χ4v) is 50.6. The predicted molar refractivity (Wildman–Crippen MR) is 180 cm³/mol. The molecule has 221 valence electrons. The Hall–Kier alpha value is 1.88. The third kappa shape index (κ3) is 8.00. The molecule has 0 N–H and O–H groups in total. The van der Waals surface area contributed by atoms with Gasteiger partial charge in [-0.15, -0.1) is 0 Å². The maximum Gasteiger partial charge on any atom is 0.0722 e. The van der Waals surface area contributed by atoms with Crippen molar-refractivity contribution >= 4 is 31.0 Å². The Bertz CT molecular complexity index is 585. The molecule has 0 aromatic carbocycles. The Morgan fingerprint density at radius 1 is 0.389 bits per heavy atom. The van der Waals surface area contributed by atoms with Gasteiger partial charge in [0.05, 0.1) is 30.9 Å². The molecule has 0 fully saturated rings. The van der Waals surface area contributed by atoms with E-state index in [1.54, 1.807) is 0 Å². The maximum absolute atomic E-state index is 6.12. The first-order valence-corrected chi connectivity index (χ1v) is 24.4. The SMILES string of the molecule is CC(C)(C)[P+](C[Si](C)(C)[N-][Si](C)(C)C[P+](C(C)(C)C)(C(C)(C)C)C(C)(C)C)(C(C)(C)C)C(C)(C)C.[Rh]. The van der Waals surface area contributed by atoms with Crippen molar-refractivity contribution in [2.75, 3.05) is 11.6 Å². The van der Waals surface area contributed by atoms with Crippen molar-refractivity contribution in [3.8, 4) is 0 Å². The average molecular weight is 666 g/mol. The van der Waals surface area contributed by atoms with Crippen LogP contribution in [0.3, 0.4) is 0 Å². The van der Waals surface area contributed by atoms with Gasteiger partial charge in [0.1, 0.15) is 0 Å². The molecule has 0 aliphatic rings. The monoisotopic (exact) mass is 665 g/mol. The van der Waals surface area contributed by atoms with Crippen molar-refractivity contribution in [1.82, 2.24) is 0 Å². The van der Waals surface area contributed by atoms with Crippen molar-refractivity contribution < 1.29 is 19.5 Å². The minimum Gasteiger partial charge on any atom is -0.661 e. The Morgan fingerprint density at radius 3 is 0.639 bits per heavy atom. The van der Waals surface area contributed by atoms with Gasteiger partial charge in [-0.2, -0.15) is 0 Å². The Kier molecular flexibility index (Phi) is 12.5. The summed E-state index contributed by atoms with van der Waals surface area (Å²) in [5, 5.41) is 1.88. The van der Waals surface area contributed by atoms with E-state index in [2.05, 4.69) is 151 Å². The zero-order chi connectivity index (χ0) is 29.1. The second-order valence-corrected chi connectivity index (χ2v) is 40.7. The topological polar surface area (TPSA) is 14.1 Å². The van der Waals surface area contributed by atoms with E-state index in [0.717, 1.165) is 0 Å². The normalized spacial score (nSPS) is 16.2. The molecule has 1 radical (unpaired) electrons.